The third kappa shape index (κ3) is 6.18. The molecule has 1 aromatic carbocycles. The second kappa shape index (κ2) is 8.41. The third-order valence-electron chi connectivity index (χ3n) is 3.53. The van der Waals surface area contributed by atoms with Crippen molar-refractivity contribution in [2.24, 2.45) is 5.41 Å². The standard InChI is InChI=1S/C17H25NO5/c1-12(23-14-8-6-5-7-13(14)22-4)11-18-16(21)17(2,3)10-9-15(19)20/h5-8,12H,9-11H2,1-4H3,(H,18,21)(H,19,20). The fraction of sp³-hybridized carbons (Fsp3) is 0.529. The van der Waals surface area contributed by atoms with Gasteiger partial charge in [0.25, 0.3) is 0 Å². The predicted octanol–water partition coefficient (Wildman–Crippen LogP) is 2.47. The summed E-state index contributed by atoms with van der Waals surface area (Å²) >= 11 is 0. The number of carbonyl (C=O) groups is 2. The summed E-state index contributed by atoms with van der Waals surface area (Å²) in [6.45, 7) is 5.64. The topological polar surface area (TPSA) is 84.9 Å². The van der Waals surface area contributed by atoms with E-state index in [-0.39, 0.29) is 24.9 Å². The van der Waals surface area contributed by atoms with Crippen LogP contribution in [-0.2, 0) is 9.59 Å². The number of carbonyl (C=O) groups excluding carboxylic acids is 1. The molecule has 0 spiro atoms. The Morgan fingerprint density at radius 2 is 1.87 bits per heavy atom. The van der Waals surface area contributed by atoms with E-state index < -0.39 is 11.4 Å². The average Bonchev–Trinajstić information content (AvgIpc) is 2.51. The second-order valence-electron chi connectivity index (χ2n) is 6.07. The number of rotatable bonds is 9. The van der Waals surface area contributed by atoms with Gasteiger partial charge in [-0.25, -0.2) is 0 Å². The van der Waals surface area contributed by atoms with Crippen molar-refractivity contribution < 1.29 is 24.2 Å². The first kappa shape index (κ1) is 18.8. The number of aliphatic carboxylic acids is 1. The fourth-order valence-electron chi connectivity index (χ4n) is 1.98. The van der Waals surface area contributed by atoms with Crippen molar-refractivity contribution in [1.29, 1.82) is 0 Å². The summed E-state index contributed by atoms with van der Waals surface area (Å²) in [6.07, 6.45) is 0.00869. The van der Waals surface area contributed by atoms with Crippen molar-refractivity contribution in [3.8, 4) is 11.5 Å². The molecule has 128 valence electrons. The highest BCUT2D eigenvalue weighted by Crippen LogP contribution is 2.27. The molecule has 0 aliphatic heterocycles. The van der Waals surface area contributed by atoms with Crippen LogP contribution in [0, 0.1) is 5.41 Å². The van der Waals surface area contributed by atoms with E-state index in [9.17, 15) is 9.59 Å². The normalized spacial score (nSPS) is 12.3. The monoisotopic (exact) mass is 323 g/mol. The molecule has 0 aliphatic rings. The van der Waals surface area contributed by atoms with Gasteiger partial charge < -0.3 is 19.9 Å². The molecule has 23 heavy (non-hydrogen) atoms. The van der Waals surface area contributed by atoms with Crippen molar-refractivity contribution in [3.05, 3.63) is 24.3 Å². The van der Waals surface area contributed by atoms with Gasteiger partial charge in [-0.1, -0.05) is 26.0 Å². The molecule has 1 unspecified atom stereocenters. The Bertz CT molecular complexity index is 542. The lowest BCUT2D eigenvalue weighted by molar-refractivity contribution is -0.138. The molecule has 6 nitrogen and oxygen atoms in total. The summed E-state index contributed by atoms with van der Waals surface area (Å²) in [5.41, 5.74) is -0.734. The number of benzene rings is 1. The maximum Gasteiger partial charge on any atom is 0.303 e. The summed E-state index contributed by atoms with van der Waals surface area (Å²) in [5.74, 6) is 0.155. The zero-order chi connectivity index (χ0) is 17.5. The van der Waals surface area contributed by atoms with Crippen molar-refractivity contribution in [2.75, 3.05) is 13.7 Å². The van der Waals surface area contributed by atoms with Gasteiger partial charge in [0.2, 0.25) is 5.91 Å². The van der Waals surface area contributed by atoms with E-state index in [1.54, 1.807) is 33.1 Å². The number of carboxylic acids is 1. The van der Waals surface area contributed by atoms with Crippen LogP contribution in [0.25, 0.3) is 0 Å². The molecular weight excluding hydrogens is 298 g/mol. The quantitative estimate of drug-likeness (QED) is 0.729. The van der Waals surface area contributed by atoms with Gasteiger partial charge in [0, 0.05) is 11.8 Å². The Hall–Kier alpha value is -2.24. The molecule has 0 radical (unpaired) electrons. The van der Waals surface area contributed by atoms with Crippen LogP contribution in [0.1, 0.15) is 33.6 Å². The lowest BCUT2D eigenvalue weighted by Crippen LogP contribution is -2.41. The van der Waals surface area contributed by atoms with Gasteiger partial charge in [-0.05, 0) is 25.5 Å². The Kier molecular flexibility index (Phi) is 6.88. The first-order valence-electron chi connectivity index (χ1n) is 7.56. The van der Waals surface area contributed by atoms with E-state index in [1.165, 1.54) is 0 Å². The van der Waals surface area contributed by atoms with Crippen LogP contribution in [0.15, 0.2) is 24.3 Å². The molecule has 0 aliphatic carbocycles. The lowest BCUT2D eigenvalue weighted by atomic mass is 9.87. The van der Waals surface area contributed by atoms with E-state index in [0.29, 0.717) is 18.0 Å². The molecule has 1 rings (SSSR count). The minimum atomic E-state index is -0.904. The predicted molar refractivity (Wildman–Crippen MR) is 86.7 cm³/mol. The molecular formula is C17H25NO5. The minimum absolute atomic E-state index is 0.0340. The summed E-state index contributed by atoms with van der Waals surface area (Å²) in [4.78, 5) is 22.8. The Morgan fingerprint density at radius 1 is 1.26 bits per heavy atom. The molecule has 1 aromatic rings. The first-order valence-corrected chi connectivity index (χ1v) is 7.56. The second-order valence-corrected chi connectivity index (χ2v) is 6.07. The van der Waals surface area contributed by atoms with Crippen LogP contribution in [0.2, 0.25) is 0 Å². The van der Waals surface area contributed by atoms with Gasteiger partial charge in [-0.3, -0.25) is 9.59 Å². The molecule has 6 heteroatoms. The highest BCUT2D eigenvalue weighted by molar-refractivity contribution is 5.82. The zero-order valence-electron chi connectivity index (χ0n) is 14.1. The average molecular weight is 323 g/mol. The maximum absolute atomic E-state index is 12.2. The van der Waals surface area contributed by atoms with E-state index in [0.717, 1.165) is 0 Å². The lowest BCUT2D eigenvalue weighted by Gasteiger charge is -2.24. The van der Waals surface area contributed by atoms with Crippen molar-refractivity contribution in [3.63, 3.8) is 0 Å². The van der Waals surface area contributed by atoms with Crippen LogP contribution in [0.4, 0.5) is 0 Å². The van der Waals surface area contributed by atoms with E-state index >= 15 is 0 Å². The van der Waals surface area contributed by atoms with Gasteiger partial charge in [-0.15, -0.1) is 0 Å². The van der Waals surface area contributed by atoms with Crippen LogP contribution in [0.5, 0.6) is 11.5 Å². The summed E-state index contributed by atoms with van der Waals surface area (Å²) in [7, 11) is 1.57. The SMILES string of the molecule is COc1ccccc1OC(C)CNC(=O)C(C)(C)CCC(=O)O. The van der Waals surface area contributed by atoms with Crippen LogP contribution < -0.4 is 14.8 Å². The number of ether oxygens (including phenoxy) is 2. The molecule has 0 aromatic heterocycles. The van der Waals surface area contributed by atoms with Gasteiger partial charge in [0.15, 0.2) is 11.5 Å². The highest BCUT2D eigenvalue weighted by Gasteiger charge is 2.28. The summed E-state index contributed by atoms with van der Waals surface area (Å²) in [6, 6.07) is 7.30. The summed E-state index contributed by atoms with van der Waals surface area (Å²) < 4.78 is 11.0. The Morgan fingerprint density at radius 3 is 2.43 bits per heavy atom. The molecule has 1 atom stereocenters. The summed E-state index contributed by atoms with van der Waals surface area (Å²) in [5, 5.41) is 11.5. The van der Waals surface area contributed by atoms with Crippen LogP contribution in [0.3, 0.4) is 0 Å². The number of para-hydroxylation sites is 2. The van der Waals surface area contributed by atoms with Crippen molar-refractivity contribution in [2.45, 2.75) is 39.7 Å². The minimum Gasteiger partial charge on any atom is -0.493 e. The molecule has 0 saturated heterocycles. The first-order chi connectivity index (χ1) is 10.8. The van der Waals surface area contributed by atoms with Gasteiger partial charge in [0.05, 0.1) is 13.7 Å². The molecule has 0 saturated carbocycles. The highest BCUT2D eigenvalue weighted by atomic mass is 16.5. The molecule has 0 fully saturated rings. The molecule has 0 heterocycles. The number of nitrogens with one attached hydrogen (secondary N) is 1. The van der Waals surface area contributed by atoms with Crippen molar-refractivity contribution in [1.82, 2.24) is 5.32 Å². The molecule has 0 bridgehead atoms. The van der Waals surface area contributed by atoms with Crippen LogP contribution >= 0.6 is 0 Å². The largest absolute Gasteiger partial charge is 0.493 e. The Labute approximate surface area is 136 Å². The maximum atomic E-state index is 12.2. The van der Waals surface area contributed by atoms with E-state index in [2.05, 4.69) is 5.32 Å². The smallest absolute Gasteiger partial charge is 0.303 e. The van der Waals surface area contributed by atoms with Gasteiger partial charge >= 0.3 is 5.97 Å². The number of hydrogen-bond donors (Lipinski definition) is 2. The number of methoxy groups -OCH3 is 1. The fourth-order valence-corrected chi connectivity index (χ4v) is 1.98. The number of hydrogen-bond acceptors (Lipinski definition) is 4. The zero-order valence-corrected chi connectivity index (χ0v) is 14.1. The third-order valence-corrected chi connectivity index (χ3v) is 3.53. The van der Waals surface area contributed by atoms with Crippen LogP contribution in [-0.4, -0.2) is 36.7 Å². The molecule has 2 N–H and O–H groups in total. The van der Waals surface area contributed by atoms with Crippen molar-refractivity contribution >= 4 is 11.9 Å². The number of carboxylic acid groups (broad SMARTS) is 1. The van der Waals surface area contributed by atoms with Gasteiger partial charge in [0.1, 0.15) is 6.10 Å². The van der Waals surface area contributed by atoms with E-state index in [1.807, 2.05) is 19.1 Å². The van der Waals surface area contributed by atoms with Gasteiger partial charge in [-0.2, -0.15) is 0 Å². The van der Waals surface area contributed by atoms with E-state index in [4.69, 9.17) is 14.6 Å². The molecule has 1 amide bonds. The number of amides is 1. The Balaban J connectivity index is 2.50.